The smallest absolute Gasteiger partial charge is 0.150 e. The fraction of sp³-hybridized carbons (Fsp3) is 1.00. The molecule has 0 aromatic carbocycles. The molecule has 0 saturated carbocycles. The Morgan fingerprint density at radius 1 is 1.38 bits per heavy atom. The first-order valence-corrected chi connectivity index (χ1v) is 6.25. The van der Waals surface area contributed by atoms with Gasteiger partial charge in [-0.15, -0.1) is 0 Å². The van der Waals surface area contributed by atoms with Crippen molar-refractivity contribution in [1.82, 2.24) is 0 Å². The summed E-state index contributed by atoms with van der Waals surface area (Å²) in [5.74, 6) is 0.391. The summed E-state index contributed by atoms with van der Waals surface area (Å²) in [6.45, 7) is 2.31. The Kier molecular flexibility index (Phi) is 6.28. The molecule has 1 unspecified atom stereocenters. The highest BCUT2D eigenvalue weighted by atomic mass is 32.2. The Balaban J connectivity index is 3.68. The predicted molar refractivity (Wildman–Crippen MR) is 53.4 cm³/mol. The van der Waals surface area contributed by atoms with E-state index in [4.69, 9.17) is 10.5 Å². The minimum atomic E-state index is -2.91. The first-order valence-electron chi connectivity index (χ1n) is 4.43. The zero-order chi connectivity index (χ0) is 10.3. The van der Waals surface area contributed by atoms with Crippen LogP contribution >= 0.6 is 0 Å². The second kappa shape index (κ2) is 6.34. The zero-order valence-corrected chi connectivity index (χ0v) is 9.14. The summed E-state index contributed by atoms with van der Waals surface area (Å²) in [4.78, 5) is 0. The lowest BCUT2D eigenvalue weighted by molar-refractivity contribution is 0.199. The molecule has 0 rings (SSSR count). The number of methoxy groups -OCH3 is 1. The molecule has 0 radical (unpaired) electrons. The third-order valence-corrected chi connectivity index (χ3v) is 3.46. The van der Waals surface area contributed by atoms with E-state index in [0.717, 1.165) is 0 Å². The molecule has 0 aromatic rings. The summed E-state index contributed by atoms with van der Waals surface area (Å²) >= 11 is 0. The van der Waals surface area contributed by atoms with Crippen molar-refractivity contribution < 1.29 is 13.2 Å². The van der Waals surface area contributed by atoms with Gasteiger partial charge in [0.25, 0.3) is 0 Å². The van der Waals surface area contributed by atoms with Gasteiger partial charge in [0.05, 0.1) is 11.5 Å². The average molecular weight is 209 g/mol. The van der Waals surface area contributed by atoms with Crippen LogP contribution in [0.4, 0.5) is 0 Å². The number of nitrogens with two attached hydrogens (primary N) is 1. The van der Waals surface area contributed by atoms with Crippen molar-refractivity contribution in [3.8, 4) is 0 Å². The van der Waals surface area contributed by atoms with Crippen LogP contribution in [0.15, 0.2) is 0 Å². The highest BCUT2D eigenvalue weighted by Crippen LogP contribution is 1.99. The van der Waals surface area contributed by atoms with Crippen molar-refractivity contribution in [2.75, 3.05) is 25.2 Å². The van der Waals surface area contributed by atoms with E-state index in [1.54, 1.807) is 7.11 Å². The molecule has 0 aliphatic rings. The first kappa shape index (κ1) is 12.9. The maximum Gasteiger partial charge on any atom is 0.150 e. The predicted octanol–water partition coefficient (Wildman–Crippen LogP) is 0.175. The van der Waals surface area contributed by atoms with Gasteiger partial charge in [-0.3, -0.25) is 0 Å². The van der Waals surface area contributed by atoms with Crippen LogP contribution in [0.3, 0.4) is 0 Å². The molecule has 13 heavy (non-hydrogen) atoms. The number of rotatable bonds is 7. The van der Waals surface area contributed by atoms with Crippen molar-refractivity contribution in [2.45, 2.75) is 25.8 Å². The van der Waals surface area contributed by atoms with Crippen molar-refractivity contribution in [2.24, 2.45) is 5.73 Å². The molecular formula is C8H19NO3S. The van der Waals surface area contributed by atoms with E-state index in [2.05, 4.69) is 0 Å². The van der Waals surface area contributed by atoms with Crippen molar-refractivity contribution in [3.05, 3.63) is 0 Å². The Hall–Kier alpha value is -0.130. The molecule has 4 nitrogen and oxygen atoms in total. The fourth-order valence-electron chi connectivity index (χ4n) is 0.891. The fourth-order valence-corrected chi connectivity index (χ4v) is 2.38. The summed E-state index contributed by atoms with van der Waals surface area (Å²) in [5.41, 5.74) is 5.47. The second-order valence-corrected chi connectivity index (χ2v) is 5.57. The van der Waals surface area contributed by atoms with Gasteiger partial charge < -0.3 is 10.5 Å². The highest BCUT2D eigenvalue weighted by molar-refractivity contribution is 7.91. The van der Waals surface area contributed by atoms with Gasteiger partial charge >= 0.3 is 0 Å². The molecule has 5 heteroatoms. The molecule has 0 spiro atoms. The molecule has 0 heterocycles. The summed E-state index contributed by atoms with van der Waals surface area (Å²) in [6.07, 6.45) is 1.10. The van der Waals surface area contributed by atoms with E-state index in [9.17, 15) is 8.42 Å². The number of ether oxygens (including phenoxy) is 1. The van der Waals surface area contributed by atoms with Crippen LogP contribution in [0.5, 0.6) is 0 Å². The minimum absolute atomic E-state index is 0.0443. The SMILES string of the molecule is COCCCS(=O)(=O)CCC(C)N. The van der Waals surface area contributed by atoms with Gasteiger partial charge in [-0.05, 0) is 19.8 Å². The van der Waals surface area contributed by atoms with Crippen LogP contribution in [0.2, 0.25) is 0 Å². The van der Waals surface area contributed by atoms with Gasteiger partial charge in [0.2, 0.25) is 0 Å². The van der Waals surface area contributed by atoms with Crippen molar-refractivity contribution in [1.29, 1.82) is 0 Å². The van der Waals surface area contributed by atoms with Crippen LogP contribution in [0, 0.1) is 0 Å². The lowest BCUT2D eigenvalue weighted by Crippen LogP contribution is -2.21. The van der Waals surface area contributed by atoms with E-state index in [1.807, 2.05) is 6.92 Å². The third kappa shape index (κ3) is 8.21. The summed E-state index contributed by atoms with van der Waals surface area (Å²) in [7, 11) is -1.34. The largest absolute Gasteiger partial charge is 0.385 e. The second-order valence-electron chi connectivity index (χ2n) is 3.26. The topological polar surface area (TPSA) is 69.4 Å². The van der Waals surface area contributed by atoms with Crippen molar-refractivity contribution >= 4 is 9.84 Å². The molecule has 80 valence electrons. The lowest BCUT2D eigenvalue weighted by atomic mass is 10.3. The van der Waals surface area contributed by atoms with E-state index in [0.29, 0.717) is 19.4 Å². The molecular weight excluding hydrogens is 190 g/mol. The van der Waals surface area contributed by atoms with E-state index in [1.165, 1.54) is 0 Å². The standard InChI is InChI=1S/C8H19NO3S/c1-8(9)4-7-13(10,11)6-3-5-12-2/h8H,3-7,9H2,1-2H3. The van der Waals surface area contributed by atoms with E-state index in [-0.39, 0.29) is 17.5 Å². The normalized spacial score (nSPS) is 14.4. The quantitative estimate of drug-likeness (QED) is 0.607. The molecule has 0 amide bonds. The Bertz CT molecular complexity index is 211. The minimum Gasteiger partial charge on any atom is -0.385 e. The van der Waals surface area contributed by atoms with Crippen LogP contribution < -0.4 is 5.73 Å². The summed E-state index contributed by atoms with van der Waals surface area (Å²) in [6, 6.07) is -0.0443. The van der Waals surface area contributed by atoms with Crippen molar-refractivity contribution in [3.63, 3.8) is 0 Å². The number of hydrogen-bond donors (Lipinski definition) is 1. The monoisotopic (exact) mass is 209 g/mol. The van der Waals surface area contributed by atoms with Crippen LogP contribution in [0.25, 0.3) is 0 Å². The van der Waals surface area contributed by atoms with E-state index < -0.39 is 9.84 Å². The average Bonchev–Trinajstić information content (AvgIpc) is 2.02. The molecule has 0 aliphatic heterocycles. The van der Waals surface area contributed by atoms with Gasteiger partial charge in [-0.2, -0.15) is 0 Å². The molecule has 1 atom stereocenters. The first-order chi connectivity index (χ1) is 5.98. The van der Waals surface area contributed by atoms with Crippen LogP contribution in [0.1, 0.15) is 19.8 Å². The Morgan fingerprint density at radius 3 is 2.46 bits per heavy atom. The van der Waals surface area contributed by atoms with Gasteiger partial charge in [-0.25, -0.2) is 8.42 Å². The highest BCUT2D eigenvalue weighted by Gasteiger charge is 2.10. The third-order valence-electron chi connectivity index (χ3n) is 1.69. The molecule has 0 bridgehead atoms. The number of hydrogen-bond acceptors (Lipinski definition) is 4. The molecule has 0 fully saturated rings. The van der Waals surface area contributed by atoms with Crippen LogP contribution in [-0.4, -0.2) is 39.7 Å². The lowest BCUT2D eigenvalue weighted by Gasteiger charge is -2.05. The Morgan fingerprint density at radius 2 is 2.00 bits per heavy atom. The molecule has 0 aromatic heterocycles. The van der Waals surface area contributed by atoms with Gasteiger partial charge in [0.1, 0.15) is 9.84 Å². The zero-order valence-electron chi connectivity index (χ0n) is 8.32. The van der Waals surface area contributed by atoms with E-state index >= 15 is 0 Å². The Labute approximate surface area is 80.4 Å². The van der Waals surface area contributed by atoms with Crippen LogP contribution in [-0.2, 0) is 14.6 Å². The summed E-state index contributed by atoms with van der Waals surface area (Å²) in [5, 5.41) is 0. The number of sulfone groups is 1. The van der Waals surface area contributed by atoms with Gasteiger partial charge in [-0.1, -0.05) is 0 Å². The summed E-state index contributed by atoms with van der Waals surface area (Å²) < 4.78 is 27.4. The molecule has 0 saturated heterocycles. The maximum atomic E-state index is 11.3. The van der Waals surface area contributed by atoms with Gasteiger partial charge in [0.15, 0.2) is 0 Å². The van der Waals surface area contributed by atoms with Gasteiger partial charge in [0, 0.05) is 19.8 Å². The molecule has 0 aliphatic carbocycles. The molecule has 2 N–H and O–H groups in total. The maximum absolute atomic E-state index is 11.3.